The van der Waals surface area contributed by atoms with E-state index in [1.54, 1.807) is 6.92 Å². The Morgan fingerprint density at radius 1 is 1.18 bits per heavy atom. The number of carbonyl (C=O) groups excluding carboxylic acids is 1. The van der Waals surface area contributed by atoms with Crippen LogP contribution in [0.5, 0.6) is 0 Å². The van der Waals surface area contributed by atoms with Crippen LogP contribution in [0.2, 0.25) is 5.02 Å². The topological polar surface area (TPSA) is 17.1 Å². The highest BCUT2D eigenvalue weighted by Gasteiger charge is 2.12. The molecule has 0 aliphatic rings. The molecule has 0 atom stereocenters. The minimum Gasteiger partial charge on any atom is -0.294 e. The maximum atomic E-state index is 11.7. The molecule has 0 saturated heterocycles. The molecule has 17 heavy (non-hydrogen) atoms. The third-order valence-electron chi connectivity index (χ3n) is 2.58. The average molecular weight is 269 g/mol. The number of rotatable bonds is 4. The van der Waals surface area contributed by atoms with Gasteiger partial charge in [-0.15, -0.1) is 0 Å². The molecule has 0 aliphatic heterocycles. The molecule has 0 aliphatic carbocycles. The molecule has 0 radical (unpaired) electrons. The van der Waals surface area contributed by atoms with Crippen molar-refractivity contribution in [2.75, 3.05) is 0 Å². The summed E-state index contributed by atoms with van der Waals surface area (Å²) >= 11 is 7.35. The molecule has 0 saturated carbocycles. The van der Waals surface area contributed by atoms with Gasteiger partial charge in [-0.05, 0) is 44.0 Å². The van der Waals surface area contributed by atoms with Crippen LogP contribution in [0.4, 0.5) is 0 Å². The lowest BCUT2D eigenvalue weighted by molar-refractivity contribution is -0.113. The third kappa shape index (κ3) is 4.21. The van der Waals surface area contributed by atoms with Crippen LogP contribution in [0.1, 0.15) is 27.7 Å². The van der Waals surface area contributed by atoms with Gasteiger partial charge in [-0.1, -0.05) is 42.8 Å². The first-order chi connectivity index (χ1) is 7.91. The number of benzene rings is 1. The number of halogens is 1. The SMILES string of the molecule is CC(=O)/C(Sc1ccc(Cl)cc1)=C(\C)C(C)C. The van der Waals surface area contributed by atoms with Crippen molar-refractivity contribution < 1.29 is 4.79 Å². The zero-order chi connectivity index (χ0) is 13.0. The van der Waals surface area contributed by atoms with Gasteiger partial charge < -0.3 is 0 Å². The number of hydrogen-bond acceptors (Lipinski definition) is 2. The lowest BCUT2D eigenvalue weighted by Crippen LogP contribution is -2.01. The van der Waals surface area contributed by atoms with Crippen LogP contribution in [0.15, 0.2) is 39.6 Å². The second-order valence-electron chi connectivity index (χ2n) is 4.28. The summed E-state index contributed by atoms with van der Waals surface area (Å²) in [6.45, 7) is 7.83. The van der Waals surface area contributed by atoms with Crippen molar-refractivity contribution in [3.8, 4) is 0 Å². The van der Waals surface area contributed by atoms with E-state index >= 15 is 0 Å². The standard InChI is InChI=1S/C14H17ClOS/c1-9(2)10(3)14(11(4)16)17-13-7-5-12(15)6-8-13/h5-9H,1-4H3/b14-10-. The summed E-state index contributed by atoms with van der Waals surface area (Å²) in [7, 11) is 0. The Balaban J connectivity index is 3.00. The van der Waals surface area contributed by atoms with E-state index < -0.39 is 0 Å². The van der Waals surface area contributed by atoms with Crippen molar-refractivity contribution in [1.29, 1.82) is 0 Å². The Morgan fingerprint density at radius 2 is 1.71 bits per heavy atom. The first kappa shape index (κ1) is 14.3. The van der Waals surface area contributed by atoms with Crippen molar-refractivity contribution in [2.45, 2.75) is 32.6 Å². The summed E-state index contributed by atoms with van der Waals surface area (Å²) in [5.41, 5.74) is 1.14. The second kappa shape index (κ2) is 6.27. The van der Waals surface area contributed by atoms with E-state index in [9.17, 15) is 4.79 Å². The summed E-state index contributed by atoms with van der Waals surface area (Å²) < 4.78 is 0. The van der Waals surface area contributed by atoms with Gasteiger partial charge in [-0.25, -0.2) is 0 Å². The molecule has 0 spiro atoms. The Labute approximate surface area is 112 Å². The fourth-order valence-corrected chi connectivity index (χ4v) is 2.49. The first-order valence-corrected chi connectivity index (χ1v) is 6.76. The van der Waals surface area contributed by atoms with Crippen LogP contribution in [0, 0.1) is 5.92 Å². The van der Waals surface area contributed by atoms with Crippen molar-refractivity contribution in [2.24, 2.45) is 5.92 Å². The van der Waals surface area contributed by atoms with Gasteiger partial charge in [0.05, 0.1) is 4.91 Å². The lowest BCUT2D eigenvalue weighted by Gasteiger charge is -2.12. The van der Waals surface area contributed by atoms with Gasteiger partial charge >= 0.3 is 0 Å². The molecule has 0 amide bonds. The van der Waals surface area contributed by atoms with Gasteiger partial charge in [0, 0.05) is 9.92 Å². The second-order valence-corrected chi connectivity index (χ2v) is 5.80. The smallest absolute Gasteiger partial charge is 0.166 e. The van der Waals surface area contributed by atoms with Gasteiger partial charge in [0.2, 0.25) is 0 Å². The Morgan fingerprint density at radius 3 is 2.12 bits per heavy atom. The number of carbonyl (C=O) groups is 1. The maximum Gasteiger partial charge on any atom is 0.166 e. The molecule has 0 bridgehead atoms. The first-order valence-electron chi connectivity index (χ1n) is 5.57. The molecule has 0 heterocycles. The van der Waals surface area contributed by atoms with E-state index in [4.69, 9.17) is 11.6 Å². The number of thioether (sulfide) groups is 1. The van der Waals surface area contributed by atoms with Crippen LogP contribution in [-0.4, -0.2) is 5.78 Å². The summed E-state index contributed by atoms with van der Waals surface area (Å²) in [6.07, 6.45) is 0. The third-order valence-corrected chi connectivity index (χ3v) is 4.15. The molecule has 1 aromatic carbocycles. The summed E-state index contributed by atoms with van der Waals surface area (Å²) in [5, 5.41) is 0.711. The molecule has 0 aromatic heterocycles. The number of Topliss-reactive ketones (excluding diaryl/α,β-unsaturated/α-hetero) is 1. The van der Waals surface area contributed by atoms with Crippen LogP contribution in [-0.2, 0) is 4.79 Å². The predicted molar refractivity (Wildman–Crippen MR) is 75.5 cm³/mol. The Kier molecular flexibility index (Phi) is 5.29. The van der Waals surface area contributed by atoms with Crippen molar-refractivity contribution in [3.05, 3.63) is 39.8 Å². The highest BCUT2D eigenvalue weighted by Crippen LogP contribution is 2.32. The number of allylic oxidation sites excluding steroid dienone is 2. The Bertz CT molecular complexity index is 432. The van der Waals surface area contributed by atoms with Gasteiger partial charge in [0.15, 0.2) is 5.78 Å². The Hall–Kier alpha value is -0.730. The zero-order valence-electron chi connectivity index (χ0n) is 10.6. The van der Waals surface area contributed by atoms with E-state index in [1.165, 1.54) is 11.8 Å². The fraction of sp³-hybridized carbons (Fsp3) is 0.357. The van der Waals surface area contributed by atoms with E-state index in [-0.39, 0.29) is 5.78 Å². The molecule has 1 nitrogen and oxygen atoms in total. The van der Waals surface area contributed by atoms with Gasteiger partial charge in [-0.3, -0.25) is 4.79 Å². The largest absolute Gasteiger partial charge is 0.294 e. The highest BCUT2D eigenvalue weighted by molar-refractivity contribution is 8.04. The summed E-state index contributed by atoms with van der Waals surface area (Å²) in [6, 6.07) is 7.55. The fourth-order valence-electron chi connectivity index (χ4n) is 1.31. The molecule has 0 fully saturated rings. The molecule has 1 rings (SSSR count). The highest BCUT2D eigenvalue weighted by atomic mass is 35.5. The van der Waals surface area contributed by atoms with Crippen LogP contribution < -0.4 is 0 Å². The predicted octanol–water partition coefficient (Wildman–Crippen LogP) is 4.95. The number of ketones is 1. The van der Waals surface area contributed by atoms with E-state index in [2.05, 4.69) is 13.8 Å². The molecule has 0 unspecified atom stereocenters. The zero-order valence-corrected chi connectivity index (χ0v) is 12.2. The lowest BCUT2D eigenvalue weighted by atomic mass is 10.0. The van der Waals surface area contributed by atoms with Gasteiger partial charge in [0.1, 0.15) is 0 Å². The minimum absolute atomic E-state index is 0.121. The maximum absolute atomic E-state index is 11.7. The number of hydrogen-bond donors (Lipinski definition) is 0. The van der Waals surface area contributed by atoms with Gasteiger partial charge in [0.25, 0.3) is 0 Å². The van der Waals surface area contributed by atoms with Gasteiger partial charge in [-0.2, -0.15) is 0 Å². The monoisotopic (exact) mass is 268 g/mol. The average Bonchev–Trinajstić information content (AvgIpc) is 2.26. The normalized spacial score (nSPS) is 12.6. The summed E-state index contributed by atoms with van der Waals surface area (Å²) in [5.74, 6) is 0.504. The van der Waals surface area contributed by atoms with Crippen molar-refractivity contribution >= 4 is 29.1 Å². The quantitative estimate of drug-likeness (QED) is 0.568. The van der Waals surface area contributed by atoms with Crippen molar-refractivity contribution in [3.63, 3.8) is 0 Å². The van der Waals surface area contributed by atoms with Crippen molar-refractivity contribution in [1.82, 2.24) is 0 Å². The molecule has 3 heteroatoms. The molecular weight excluding hydrogens is 252 g/mol. The summed E-state index contributed by atoms with van der Waals surface area (Å²) in [4.78, 5) is 13.5. The van der Waals surface area contributed by atoms with E-state index in [0.29, 0.717) is 10.9 Å². The van der Waals surface area contributed by atoms with E-state index in [0.717, 1.165) is 15.4 Å². The van der Waals surface area contributed by atoms with Crippen LogP contribution >= 0.6 is 23.4 Å². The molecule has 92 valence electrons. The van der Waals surface area contributed by atoms with Crippen LogP contribution in [0.3, 0.4) is 0 Å². The molecule has 1 aromatic rings. The van der Waals surface area contributed by atoms with E-state index in [1.807, 2.05) is 31.2 Å². The molecular formula is C14H17ClOS. The van der Waals surface area contributed by atoms with Crippen LogP contribution in [0.25, 0.3) is 0 Å². The molecule has 0 N–H and O–H groups in total. The minimum atomic E-state index is 0.121.